The maximum atomic E-state index is 13.6. The number of methoxy groups -OCH3 is 1. The van der Waals surface area contributed by atoms with Crippen LogP contribution in [-0.4, -0.2) is 57.6 Å². The molecule has 0 saturated heterocycles. The van der Waals surface area contributed by atoms with E-state index >= 15 is 0 Å². The van der Waals surface area contributed by atoms with Crippen LogP contribution in [0.3, 0.4) is 0 Å². The summed E-state index contributed by atoms with van der Waals surface area (Å²) in [6, 6.07) is 13.2. The molecule has 0 heterocycles. The van der Waals surface area contributed by atoms with Gasteiger partial charge in [0.25, 0.3) is 0 Å². The Kier molecular flexibility index (Phi) is 10.4. The van der Waals surface area contributed by atoms with Crippen LogP contribution in [0.5, 0.6) is 5.75 Å². The van der Waals surface area contributed by atoms with Crippen LogP contribution in [0.15, 0.2) is 53.0 Å². The van der Waals surface area contributed by atoms with E-state index in [-0.39, 0.29) is 12.5 Å². The summed E-state index contributed by atoms with van der Waals surface area (Å²) >= 11 is 3.35. The lowest BCUT2D eigenvalue weighted by Crippen LogP contribution is -2.52. The van der Waals surface area contributed by atoms with Crippen LogP contribution in [0.4, 0.5) is 5.69 Å². The summed E-state index contributed by atoms with van der Waals surface area (Å²) in [6.45, 7) is 3.99. The molecule has 1 N–H and O–H groups in total. The van der Waals surface area contributed by atoms with Crippen molar-refractivity contribution in [2.75, 3.05) is 30.8 Å². The van der Waals surface area contributed by atoms with Crippen LogP contribution < -0.4 is 14.4 Å². The highest BCUT2D eigenvalue weighted by molar-refractivity contribution is 9.10. The Hall–Kier alpha value is -2.59. The second kappa shape index (κ2) is 12.8. The molecular formula is C24H32BrN3O5S. The van der Waals surface area contributed by atoms with Gasteiger partial charge in [-0.3, -0.25) is 13.9 Å². The largest absolute Gasteiger partial charge is 0.497 e. The molecule has 0 fully saturated rings. The zero-order valence-electron chi connectivity index (χ0n) is 20.0. The number of nitrogens with zero attached hydrogens (tertiary/aromatic N) is 2. The molecule has 0 aromatic heterocycles. The van der Waals surface area contributed by atoms with Gasteiger partial charge in [-0.25, -0.2) is 8.42 Å². The number of benzene rings is 2. The summed E-state index contributed by atoms with van der Waals surface area (Å²) in [5, 5.41) is 2.85. The minimum atomic E-state index is -3.76. The van der Waals surface area contributed by atoms with Crippen LogP contribution in [0.1, 0.15) is 32.3 Å². The van der Waals surface area contributed by atoms with E-state index in [2.05, 4.69) is 21.2 Å². The molecule has 0 aliphatic rings. The van der Waals surface area contributed by atoms with Gasteiger partial charge in [0.2, 0.25) is 21.8 Å². The first-order valence-corrected chi connectivity index (χ1v) is 13.7. The number of sulfonamides is 1. The molecule has 2 amide bonds. The van der Waals surface area contributed by atoms with E-state index in [1.807, 2.05) is 26.0 Å². The lowest BCUT2D eigenvalue weighted by Gasteiger charge is -2.33. The number of nitrogens with one attached hydrogen (secondary N) is 1. The average Bonchev–Trinajstić information content (AvgIpc) is 2.80. The summed E-state index contributed by atoms with van der Waals surface area (Å²) in [5.74, 6) is -0.0634. The molecule has 0 aliphatic carbocycles. The third-order valence-corrected chi connectivity index (χ3v) is 6.86. The quantitative estimate of drug-likeness (QED) is 0.433. The Balaban J connectivity index is 2.41. The van der Waals surface area contributed by atoms with Gasteiger partial charge in [0.05, 0.1) is 19.1 Å². The van der Waals surface area contributed by atoms with E-state index < -0.39 is 28.5 Å². The van der Waals surface area contributed by atoms with E-state index in [1.165, 1.54) is 4.90 Å². The molecule has 1 atom stereocenters. The monoisotopic (exact) mass is 553 g/mol. The Morgan fingerprint density at radius 3 is 2.32 bits per heavy atom. The zero-order chi connectivity index (χ0) is 25.3. The normalized spacial score (nSPS) is 12.0. The first-order valence-electron chi connectivity index (χ1n) is 11.0. The van der Waals surface area contributed by atoms with E-state index in [9.17, 15) is 18.0 Å². The molecule has 8 nitrogen and oxygen atoms in total. The van der Waals surface area contributed by atoms with Crippen molar-refractivity contribution in [3.63, 3.8) is 0 Å². The molecule has 0 bridgehead atoms. The molecule has 0 aliphatic heterocycles. The number of anilines is 1. The molecule has 186 valence electrons. The summed E-state index contributed by atoms with van der Waals surface area (Å²) in [4.78, 5) is 27.9. The topological polar surface area (TPSA) is 96.0 Å². The van der Waals surface area contributed by atoms with Gasteiger partial charge in [-0.15, -0.1) is 0 Å². The molecule has 0 saturated carbocycles. The van der Waals surface area contributed by atoms with Gasteiger partial charge in [-0.2, -0.15) is 0 Å². The number of halogens is 1. The second-order valence-electron chi connectivity index (χ2n) is 7.83. The zero-order valence-corrected chi connectivity index (χ0v) is 22.4. The molecular weight excluding hydrogens is 522 g/mol. The number of amides is 2. The van der Waals surface area contributed by atoms with E-state index in [4.69, 9.17) is 4.74 Å². The molecule has 2 aromatic carbocycles. The molecule has 0 spiro atoms. The number of ether oxygens (including phenoxy) is 1. The fourth-order valence-corrected chi connectivity index (χ4v) is 4.69. The third-order valence-electron chi connectivity index (χ3n) is 5.22. The fourth-order valence-electron chi connectivity index (χ4n) is 3.46. The Morgan fingerprint density at radius 1 is 1.12 bits per heavy atom. The van der Waals surface area contributed by atoms with Gasteiger partial charge in [0.1, 0.15) is 18.3 Å². The SMILES string of the molecule is CCCNC(=O)[C@@H](CC)N(Cc1ccc(OC)cc1)C(=O)CN(c1cccc(Br)c1)S(C)(=O)=O. The number of rotatable bonds is 12. The number of carbonyl (C=O) groups excluding carboxylic acids is 2. The van der Waals surface area contributed by atoms with E-state index in [0.717, 1.165) is 22.5 Å². The van der Waals surface area contributed by atoms with Crippen molar-refractivity contribution >= 4 is 43.5 Å². The molecule has 0 unspecified atom stereocenters. The standard InChI is InChI=1S/C24H32BrN3O5S/c1-5-14-26-24(30)22(6-2)27(16-18-10-12-21(33-3)13-11-18)23(29)17-28(34(4,31)32)20-9-7-8-19(25)15-20/h7-13,15,22H,5-6,14,16-17H2,1-4H3,(H,26,30)/t22-/m1/s1. The van der Waals surface area contributed by atoms with Gasteiger partial charge in [-0.1, -0.05) is 48.0 Å². The van der Waals surface area contributed by atoms with Crippen molar-refractivity contribution < 1.29 is 22.7 Å². The van der Waals surface area contributed by atoms with Crippen molar-refractivity contribution in [1.29, 1.82) is 0 Å². The first-order chi connectivity index (χ1) is 16.1. The minimum absolute atomic E-state index is 0.150. The number of hydrogen-bond acceptors (Lipinski definition) is 5. The maximum absolute atomic E-state index is 13.6. The highest BCUT2D eigenvalue weighted by atomic mass is 79.9. The van der Waals surface area contributed by atoms with Gasteiger partial charge in [0.15, 0.2) is 0 Å². The van der Waals surface area contributed by atoms with Crippen molar-refractivity contribution in [2.45, 2.75) is 39.3 Å². The van der Waals surface area contributed by atoms with Gasteiger partial charge in [-0.05, 0) is 48.7 Å². The summed E-state index contributed by atoms with van der Waals surface area (Å²) in [6.07, 6.45) is 2.20. The van der Waals surface area contributed by atoms with Crippen LogP contribution in [0, 0.1) is 0 Å². The first kappa shape index (κ1) is 27.7. The molecule has 0 radical (unpaired) electrons. The molecule has 34 heavy (non-hydrogen) atoms. The second-order valence-corrected chi connectivity index (χ2v) is 10.7. The van der Waals surface area contributed by atoms with E-state index in [1.54, 1.807) is 43.5 Å². The highest BCUT2D eigenvalue weighted by Gasteiger charge is 2.31. The lowest BCUT2D eigenvalue weighted by molar-refractivity contribution is -0.140. The third kappa shape index (κ3) is 7.73. The minimum Gasteiger partial charge on any atom is -0.497 e. The van der Waals surface area contributed by atoms with E-state index in [0.29, 0.717) is 28.9 Å². The number of carbonyl (C=O) groups is 2. The van der Waals surface area contributed by atoms with Crippen LogP contribution >= 0.6 is 15.9 Å². The van der Waals surface area contributed by atoms with Crippen molar-refractivity contribution in [2.24, 2.45) is 0 Å². The Labute approximate surface area is 210 Å². The Morgan fingerprint density at radius 2 is 1.79 bits per heavy atom. The average molecular weight is 555 g/mol. The summed E-state index contributed by atoms with van der Waals surface area (Å²) in [5.41, 5.74) is 1.15. The van der Waals surface area contributed by atoms with Gasteiger partial charge in [0, 0.05) is 17.6 Å². The summed E-state index contributed by atoms with van der Waals surface area (Å²) < 4.78 is 32.1. The molecule has 2 rings (SSSR count). The van der Waals surface area contributed by atoms with Crippen LogP contribution in [0.25, 0.3) is 0 Å². The molecule has 10 heteroatoms. The van der Waals surface area contributed by atoms with Crippen molar-refractivity contribution in [3.05, 3.63) is 58.6 Å². The smallest absolute Gasteiger partial charge is 0.244 e. The highest BCUT2D eigenvalue weighted by Crippen LogP contribution is 2.23. The van der Waals surface area contributed by atoms with Crippen LogP contribution in [0.2, 0.25) is 0 Å². The predicted octanol–water partition coefficient (Wildman–Crippen LogP) is 3.56. The van der Waals surface area contributed by atoms with Crippen molar-refractivity contribution in [3.8, 4) is 5.75 Å². The van der Waals surface area contributed by atoms with Crippen molar-refractivity contribution in [1.82, 2.24) is 10.2 Å². The summed E-state index contributed by atoms with van der Waals surface area (Å²) in [7, 11) is -2.20. The number of hydrogen-bond donors (Lipinski definition) is 1. The Bertz CT molecular complexity index is 1080. The predicted molar refractivity (Wildman–Crippen MR) is 137 cm³/mol. The van der Waals surface area contributed by atoms with Gasteiger partial charge < -0.3 is 15.0 Å². The lowest BCUT2D eigenvalue weighted by atomic mass is 10.1. The van der Waals surface area contributed by atoms with Crippen LogP contribution in [-0.2, 0) is 26.2 Å². The molecule has 2 aromatic rings. The van der Waals surface area contributed by atoms with Gasteiger partial charge >= 0.3 is 0 Å². The fraction of sp³-hybridized carbons (Fsp3) is 0.417. The maximum Gasteiger partial charge on any atom is 0.244 e.